The summed E-state index contributed by atoms with van der Waals surface area (Å²) in [4.78, 5) is 8.00. The van der Waals surface area contributed by atoms with E-state index < -0.39 is 0 Å². The highest BCUT2D eigenvalue weighted by molar-refractivity contribution is 7.98. The average molecular weight is 437 g/mol. The number of nitrogens with one attached hydrogen (secondary N) is 1. The molecule has 0 saturated carbocycles. The minimum absolute atomic E-state index is 0.145. The van der Waals surface area contributed by atoms with E-state index in [-0.39, 0.29) is 6.04 Å². The zero-order chi connectivity index (χ0) is 21.3. The van der Waals surface area contributed by atoms with Gasteiger partial charge in [-0.3, -0.25) is 0 Å². The second-order valence-electron chi connectivity index (χ2n) is 7.19. The third-order valence-corrected chi connectivity index (χ3v) is 6.41. The van der Waals surface area contributed by atoms with E-state index >= 15 is 0 Å². The maximum atomic E-state index is 5.75. The average Bonchev–Trinajstić information content (AvgIpc) is 3.24. The second-order valence-corrected chi connectivity index (χ2v) is 8.45. The molecule has 1 atom stereocenters. The third-order valence-electron chi connectivity index (χ3n) is 5.33. The molecule has 0 radical (unpaired) electrons. The Labute approximate surface area is 186 Å². The number of rotatable bonds is 5. The van der Waals surface area contributed by atoms with Crippen molar-refractivity contribution in [3.05, 3.63) is 71.2 Å². The van der Waals surface area contributed by atoms with Gasteiger partial charge in [0.1, 0.15) is 0 Å². The smallest absolute Gasteiger partial charge is 0.258 e. The van der Waals surface area contributed by atoms with Gasteiger partial charge in [0.05, 0.1) is 11.6 Å². The number of allylic oxidation sites excluding steroid dienone is 1. The van der Waals surface area contributed by atoms with Gasteiger partial charge >= 0.3 is 0 Å². The first kappa shape index (κ1) is 20.6. The molecular formula is C23H24N4OS2. The number of hydrogen-bond acceptors (Lipinski definition) is 5. The molecule has 1 aliphatic heterocycles. The Hall–Kier alpha value is -2.64. The van der Waals surface area contributed by atoms with Gasteiger partial charge in [0.15, 0.2) is 5.11 Å². The maximum Gasteiger partial charge on any atom is 0.258 e. The SMILES string of the molecule is CCN1C(=S)NC(c2ccc(C)cc2)C(c2nc(-c3ccc(SC)cc3)no2)=C1C. The van der Waals surface area contributed by atoms with Crippen LogP contribution in [-0.2, 0) is 0 Å². The molecule has 2 aromatic carbocycles. The Morgan fingerprint density at radius 3 is 2.43 bits per heavy atom. The molecule has 1 aromatic heterocycles. The number of benzene rings is 2. The van der Waals surface area contributed by atoms with E-state index in [1.807, 2.05) is 12.1 Å². The molecule has 0 aliphatic carbocycles. The number of aromatic nitrogens is 2. The van der Waals surface area contributed by atoms with Crippen LogP contribution in [0.15, 0.2) is 63.6 Å². The fourth-order valence-electron chi connectivity index (χ4n) is 3.64. The van der Waals surface area contributed by atoms with Gasteiger partial charge < -0.3 is 14.7 Å². The lowest BCUT2D eigenvalue weighted by molar-refractivity contribution is 0.398. The Balaban J connectivity index is 1.78. The van der Waals surface area contributed by atoms with Crippen LogP contribution in [0.5, 0.6) is 0 Å². The van der Waals surface area contributed by atoms with Crippen molar-refractivity contribution in [1.82, 2.24) is 20.4 Å². The van der Waals surface area contributed by atoms with Gasteiger partial charge in [0.25, 0.3) is 5.89 Å². The summed E-state index contributed by atoms with van der Waals surface area (Å²) in [6.07, 6.45) is 2.06. The molecule has 0 bridgehead atoms. The van der Waals surface area contributed by atoms with Crippen molar-refractivity contribution in [2.24, 2.45) is 0 Å². The van der Waals surface area contributed by atoms with Crippen LogP contribution < -0.4 is 5.32 Å². The second kappa shape index (κ2) is 8.62. The van der Waals surface area contributed by atoms with Crippen LogP contribution in [-0.4, -0.2) is 33.0 Å². The Bertz CT molecular complexity index is 1090. The van der Waals surface area contributed by atoms with Crippen molar-refractivity contribution in [2.45, 2.75) is 31.7 Å². The molecule has 0 saturated heterocycles. The fraction of sp³-hybridized carbons (Fsp3) is 0.261. The van der Waals surface area contributed by atoms with E-state index in [1.54, 1.807) is 11.8 Å². The summed E-state index contributed by atoms with van der Waals surface area (Å²) >= 11 is 7.33. The van der Waals surface area contributed by atoms with Gasteiger partial charge in [0, 0.05) is 22.7 Å². The maximum absolute atomic E-state index is 5.75. The molecule has 7 heteroatoms. The van der Waals surface area contributed by atoms with Crippen molar-refractivity contribution in [2.75, 3.05) is 12.8 Å². The van der Waals surface area contributed by atoms with E-state index in [1.165, 1.54) is 10.5 Å². The van der Waals surface area contributed by atoms with Crippen LogP contribution in [0.1, 0.15) is 36.9 Å². The molecule has 3 aromatic rings. The lowest BCUT2D eigenvalue weighted by Gasteiger charge is -2.36. The Morgan fingerprint density at radius 1 is 1.10 bits per heavy atom. The van der Waals surface area contributed by atoms with Crippen molar-refractivity contribution in [3.8, 4) is 11.4 Å². The highest BCUT2D eigenvalue weighted by atomic mass is 32.2. The van der Waals surface area contributed by atoms with Crippen molar-refractivity contribution >= 4 is 34.7 Å². The van der Waals surface area contributed by atoms with E-state index in [9.17, 15) is 0 Å². The quantitative estimate of drug-likeness (QED) is 0.422. The summed E-state index contributed by atoms with van der Waals surface area (Å²) < 4.78 is 5.75. The Morgan fingerprint density at radius 2 is 1.80 bits per heavy atom. The van der Waals surface area contributed by atoms with Gasteiger partial charge in [-0.25, -0.2) is 0 Å². The topological polar surface area (TPSA) is 54.2 Å². The molecule has 30 heavy (non-hydrogen) atoms. The van der Waals surface area contributed by atoms with Crippen LogP contribution in [0, 0.1) is 6.92 Å². The number of hydrogen-bond donors (Lipinski definition) is 1. The van der Waals surface area contributed by atoms with E-state index in [0.29, 0.717) is 16.8 Å². The zero-order valence-corrected chi connectivity index (χ0v) is 19.1. The molecule has 5 nitrogen and oxygen atoms in total. The summed E-state index contributed by atoms with van der Waals surface area (Å²) in [5.41, 5.74) is 5.23. The molecule has 0 fully saturated rings. The predicted molar refractivity (Wildman–Crippen MR) is 126 cm³/mol. The zero-order valence-electron chi connectivity index (χ0n) is 17.5. The highest BCUT2D eigenvalue weighted by Crippen LogP contribution is 2.37. The fourth-order valence-corrected chi connectivity index (χ4v) is 4.43. The summed E-state index contributed by atoms with van der Waals surface area (Å²) in [5.74, 6) is 1.09. The number of thioether (sulfide) groups is 1. The molecule has 1 aliphatic rings. The highest BCUT2D eigenvalue weighted by Gasteiger charge is 2.33. The molecule has 2 heterocycles. The van der Waals surface area contributed by atoms with Crippen molar-refractivity contribution < 1.29 is 4.52 Å². The van der Waals surface area contributed by atoms with Gasteiger partial charge in [0.2, 0.25) is 5.82 Å². The lowest BCUT2D eigenvalue weighted by atomic mass is 9.94. The van der Waals surface area contributed by atoms with E-state index in [4.69, 9.17) is 21.7 Å². The number of nitrogens with zero attached hydrogens (tertiary/aromatic N) is 3. The monoisotopic (exact) mass is 436 g/mol. The summed E-state index contributed by atoms with van der Waals surface area (Å²) in [5, 5.41) is 8.43. The summed E-state index contributed by atoms with van der Waals surface area (Å²) in [7, 11) is 0. The molecule has 0 amide bonds. The van der Waals surface area contributed by atoms with Gasteiger partial charge in [-0.2, -0.15) is 4.98 Å². The van der Waals surface area contributed by atoms with E-state index in [2.05, 4.69) is 78.8 Å². The van der Waals surface area contributed by atoms with Gasteiger partial charge in [-0.05, 0) is 69.1 Å². The first-order chi connectivity index (χ1) is 14.5. The van der Waals surface area contributed by atoms with Crippen molar-refractivity contribution in [1.29, 1.82) is 0 Å². The van der Waals surface area contributed by atoms with Crippen LogP contribution in [0.4, 0.5) is 0 Å². The molecule has 1 unspecified atom stereocenters. The van der Waals surface area contributed by atoms with Crippen LogP contribution in [0.25, 0.3) is 17.0 Å². The van der Waals surface area contributed by atoms with Crippen LogP contribution in [0.3, 0.4) is 0 Å². The number of aryl methyl sites for hydroxylation is 1. The van der Waals surface area contributed by atoms with E-state index in [0.717, 1.165) is 28.9 Å². The largest absolute Gasteiger partial charge is 0.351 e. The van der Waals surface area contributed by atoms with Gasteiger partial charge in [-0.1, -0.05) is 35.0 Å². The summed E-state index contributed by atoms with van der Waals surface area (Å²) in [6, 6.07) is 16.5. The molecular weight excluding hydrogens is 412 g/mol. The minimum Gasteiger partial charge on any atom is -0.351 e. The number of thiocarbonyl (C=S) groups is 1. The molecule has 154 valence electrons. The Kier molecular flexibility index (Phi) is 5.92. The molecule has 1 N–H and O–H groups in total. The standard InChI is InChI=1S/C23H24N4OS2/c1-5-27-15(3)19(20(24-23(27)29)16-8-6-14(2)7-9-16)22-25-21(26-28-22)17-10-12-18(30-4)13-11-17/h6-13,20H,5H2,1-4H3,(H,24,29). The first-order valence-corrected chi connectivity index (χ1v) is 11.5. The lowest BCUT2D eigenvalue weighted by Crippen LogP contribution is -2.45. The van der Waals surface area contributed by atoms with Crippen molar-refractivity contribution in [3.63, 3.8) is 0 Å². The van der Waals surface area contributed by atoms with Crippen LogP contribution in [0.2, 0.25) is 0 Å². The van der Waals surface area contributed by atoms with Gasteiger partial charge in [-0.15, -0.1) is 11.8 Å². The molecule has 0 spiro atoms. The predicted octanol–water partition coefficient (Wildman–Crippen LogP) is 5.45. The normalized spacial score (nSPS) is 16.7. The minimum atomic E-state index is -0.145. The molecule has 4 rings (SSSR count). The summed E-state index contributed by atoms with van der Waals surface area (Å²) in [6.45, 7) is 6.98. The third kappa shape index (κ3) is 3.87. The van der Waals surface area contributed by atoms with Crippen LogP contribution >= 0.6 is 24.0 Å². The first-order valence-electron chi connectivity index (χ1n) is 9.85.